The van der Waals surface area contributed by atoms with Gasteiger partial charge in [0.15, 0.2) is 0 Å². The van der Waals surface area contributed by atoms with Crippen molar-refractivity contribution in [2.75, 3.05) is 6.54 Å². The van der Waals surface area contributed by atoms with Gasteiger partial charge in [0.25, 0.3) is 0 Å². The number of nitrogens with one attached hydrogen (secondary N) is 1. The zero-order chi connectivity index (χ0) is 11.5. The number of hydrogen-bond donors (Lipinski definition) is 1. The quantitative estimate of drug-likeness (QED) is 0.805. The van der Waals surface area contributed by atoms with Crippen LogP contribution in [0.5, 0.6) is 0 Å². The van der Waals surface area contributed by atoms with Crippen LogP contribution in [0.2, 0.25) is 0 Å². The molecule has 0 amide bonds. The highest BCUT2D eigenvalue weighted by Gasteiger charge is 2.19. The molecule has 1 aromatic heterocycles. The molecule has 1 atom stereocenters. The van der Waals surface area contributed by atoms with Crippen LogP contribution in [0.1, 0.15) is 33.4 Å². The van der Waals surface area contributed by atoms with Crippen molar-refractivity contribution in [3.8, 4) is 0 Å². The molecule has 0 bridgehead atoms. The molecular formula is C13H24N2. The highest BCUT2D eigenvalue weighted by atomic mass is 15.0. The van der Waals surface area contributed by atoms with Crippen molar-refractivity contribution in [3.05, 3.63) is 24.0 Å². The van der Waals surface area contributed by atoms with Crippen LogP contribution in [0.4, 0.5) is 0 Å². The summed E-state index contributed by atoms with van der Waals surface area (Å²) >= 11 is 0. The fraction of sp³-hybridized carbons (Fsp3) is 0.692. The van der Waals surface area contributed by atoms with E-state index in [1.54, 1.807) is 0 Å². The molecular weight excluding hydrogens is 184 g/mol. The highest BCUT2D eigenvalue weighted by molar-refractivity contribution is 5.05. The first kappa shape index (κ1) is 12.3. The van der Waals surface area contributed by atoms with E-state index in [0.29, 0.717) is 11.3 Å². The van der Waals surface area contributed by atoms with E-state index in [4.69, 9.17) is 0 Å². The second-order valence-electron chi connectivity index (χ2n) is 5.51. The first-order valence-electron chi connectivity index (χ1n) is 5.72. The minimum atomic E-state index is 0.390. The third kappa shape index (κ3) is 3.71. The molecule has 0 saturated carbocycles. The molecule has 2 heteroatoms. The Hall–Kier alpha value is -0.760. The molecule has 15 heavy (non-hydrogen) atoms. The van der Waals surface area contributed by atoms with E-state index in [1.165, 1.54) is 5.69 Å². The standard InChI is InChI=1S/C13H24N2/c1-11(13(2,3)4)9-14-10-12-7-6-8-15(12)5/h6-8,11,14H,9-10H2,1-5H3. The van der Waals surface area contributed by atoms with Crippen LogP contribution in [0, 0.1) is 11.3 Å². The van der Waals surface area contributed by atoms with Crippen LogP contribution in [0.25, 0.3) is 0 Å². The van der Waals surface area contributed by atoms with Gasteiger partial charge < -0.3 is 9.88 Å². The number of rotatable bonds is 4. The summed E-state index contributed by atoms with van der Waals surface area (Å²) in [6.07, 6.45) is 2.09. The monoisotopic (exact) mass is 208 g/mol. The molecule has 86 valence electrons. The van der Waals surface area contributed by atoms with Crippen LogP contribution < -0.4 is 5.32 Å². The molecule has 2 nitrogen and oxygen atoms in total. The Bertz CT molecular complexity index is 294. The molecule has 0 aliphatic carbocycles. The summed E-state index contributed by atoms with van der Waals surface area (Å²) in [5, 5.41) is 3.51. The smallest absolute Gasteiger partial charge is 0.0359 e. The molecule has 0 fully saturated rings. The van der Waals surface area contributed by atoms with Crippen molar-refractivity contribution >= 4 is 0 Å². The maximum atomic E-state index is 3.51. The van der Waals surface area contributed by atoms with E-state index in [9.17, 15) is 0 Å². The third-order valence-electron chi connectivity index (χ3n) is 3.29. The minimum Gasteiger partial charge on any atom is -0.353 e. The molecule has 0 aromatic carbocycles. The first-order valence-corrected chi connectivity index (χ1v) is 5.72. The molecule has 0 spiro atoms. The Morgan fingerprint density at radius 2 is 2.07 bits per heavy atom. The Kier molecular flexibility index (Phi) is 3.97. The van der Waals surface area contributed by atoms with Gasteiger partial charge >= 0.3 is 0 Å². The van der Waals surface area contributed by atoms with Crippen molar-refractivity contribution in [1.29, 1.82) is 0 Å². The van der Waals surface area contributed by atoms with Gasteiger partial charge in [-0.25, -0.2) is 0 Å². The van der Waals surface area contributed by atoms with Crippen LogP contribution in [-0.4, -0.2) is 11.1 Å². The lowest BCUT2D eigenvalue weighted by Gasteiger charge is -2.27. The number of aryl methyl sites for hydroxylation is 1. The summed E-state index contributed by atoms with van der Waals surface area (Å²) in [6.45, 7) is 11.2. The van der Waals surface area contributed by atoms with Crippen molar-refractivity contribution in [3.63, 3.8) is 0 Å². The van der Waals surface area contributed by atoms with Crippen LogP contribution in [0.15, 0.2) is 18.3 Å². The van der Waals surface area contributed by atoms with Gasteiger partial charge in [-0.15, -0.1) is 0 Å². The van der Waals surface area contributed by atoms with Gasteiger partial charge in [0.1, 0.15) is 0 Å². The van der Waals surface area contributed by atoms with E-state index < -0.39 is 0 Å². The third-order valence-corrected chi connectivity index (χ3v) is 3.29. The van der Waals surface area contributed by atoms with Gasteiger partial charge in [0.2, 0.25) is 0 Å². The topological polar surface area (TPSA) is 17.0 Å². The molecule has 0 radical (unpaired) electrons. The Morgan fingerprint density at radius 1 is 1.40 bits per heavy atom. The Labute approximate surface area is 93.7 Å². The average Bonchev–Trinajstić information content (AvgIpc) is 2.50. The van der Waals surface area contributed by atoms with Crippen molar-refractivity contribution in [2.45, 2.75) is 34.2 Å². The molecule has 1 heterocycles. The summed E-state index contributed by atoms with van der Waals surface area (Å²) in [4.78, 5) is 0. The average molecular weight is 208 g/mol. The lowest BCUT2D eigenvalue weighted by atomic mass is 9.82. The molecule has 1 aromatic rings. The summed E-state index contributed by atoms with van der Waals surface area (Å²) in [6, 6.07) is 4.25. The van der Waals surface area contributed by atoms with E-state index in [-0.39, 0.29) is 0 Å². The lowest BCUT2D eigenvalue weighted by Crippen LogP contribution is -2.29. The predicted octanol–water partition coefficient (Wildman–Crippen LogP) is 2.80. The number of hydrogen-bond acceptors (Lipinski definition) is 1. The number of nitrogens with zero attached hydrogens (tertiary/aromatic N) is 1. The van der Waals surface area contributed by atoms with Gasteiger partial charge in [-0.05, 0) is 30.0 Å². The SMILES string of the molecule is CC(CNCc1cccn1C)C(C)(C)C. The van der Waals surface area contributed by atoms with Crippen LogP contribution in [-0.2, 0) is 13.6 Å². The molecule has 0 aliphatic heterocycles. The summed E-state index contributed by atoms with van der Waals surface area (Å²) < 4.78 is 2.16. The largest absolute Gasteiger partial charge is 0.353 e. The Balaban J connectivity index is 2.31. The van der Waals surface area contributed by atoms with Gasteiger partial charge in [0.05, 0.1) is 0 Å². The second-order valence-corrected chi connectivity index (χ2v) is 5.51. The van der Waals surface area contributed by atoms with Crippen LogP contribution >= 0.6 is 0 Å². The van der Waals surface area contributed by atoms with Gasteiger partial charge in [-0.2, -0.15) is 0 Å². The normalized spacial score (nSPS) is 14.2. The van der Waals surface area contributed by atoms with Gasteiger partial charge in [-0.1, -0.05) is 27.7 Å². The lowest BCUT2D eigenvalue weighted by molar-refractivity contribution is 0.252. The van der Waals surface area contributed by atoms with Crippen LogP contribution in [0.3, 0.4) is 0 Å². The van der Waals surface area contributed by atoms with Gasteiger partial charge in [0, 0.05) is 25.5 Å². The van der Waals surface area contributed by atoms with Crippen molar-refractivity contribution in [2.24, 2.45) is 18.4 Å². The maximum Gasteiger partial charge on any atom is 0.0359 e. The Morgan fingerprint density at radius 3 is 2.53 bits per heavy atom. The van der Waals surface area contributed by atoms with Crippen molar-refractivity contribution < 1.29 is 0 Å². The first-order chi connectivity index (χ1) is 6.91. The van der Waals surface area contributed by atoms with E-state index >= 15 is 0 Å². The minimum absolute atomic E-state index is 0.390. The van der Waals surface area contributed by atoms with E-state index in [0.717, 1.165) is 13.1 Å². The number of aromatic nitrogens is 1. The molecule has 1 rings (SSSR count). The molecule has 0 saturated heterocycles. The van der Waals surface area contributed by atoms with E-state index in [1.807, 2.05) is 0 Å². The zero-order valence-corrected chi connectivity index (χ0v) is 10.7. The molecule has 1 N–H and O–H groups in total. The van der Waals surface area contributed by atoms with Gasteiger partial charge in [-0.3, -0.25) is 0 Å². The maximum absolute atomic E-state index is 3.51. The molecule has 0 aliphatic rings. The van der Waals surface area contributed by atoms with Crippen molar-refractivity contribution in [1.82, 2.24) is 9.88 Å². The summed E-state index contributed by atoms with van der Waals surface area (Å²) in [5.74, 6) is 0.692. The van der Waals surface area contributed by atoms with E-state index in [2.05, 4.69) is 63.0 Å². The fourth-order valence-electron chi connectivity index (χ4n) is 1.40. The predicted molar refractivity (Wildman–Crippen MR) is 65.7 cm³/mol. The molecule has 1 unspecified atom stereocenters. The fourth-order valence-corrected chi connectivity index (χ4v) is 1.40. The summed E-state index contributed by atoms with van der Waals surface area (Å²) in [7, 11) is 2.09. The summed E-state index contributed by atoms with van der Waals surface area (Å²) in [5.41, 5.74) is 1.73. The second kappa shape index (κ2) is 4.84. The highest BCUT2D eigenvalue weighted by Crippen LogP contribution is 2.24. The zero-order valence-electron chi connectivity index (χ0n) is 10.7.